The SMILES string of the molecule is CC(C)(C)C1CCCN(Cc2ccccn2)CC1. The van der Waals surface area contributed by atoms with Gasteiger partial charge in [-0.15, -0.1) is 0 Å². The van der Waals surface area contributed by atoms with Crippen molar-refractivity contribution in [2.45, 2.75) is 46.6 Å². The van der Waals surface area contributed by atoms with E-state index in [4.69, 9.17) is 0 Å². The lowest BCUT2D eigenvalue weighted by Crippen LogP contribution is -2.26. The highest BCUT2D eigenvalue weighted by atomic mass is 15.1. The van der Waals surface area contributed by atoms with Gasteiger partial charge in [0.1, 0.15) is 0 Å². The summed E-state index contributed by atoms with van der Waals surface area (Å²) in [4.78, 5) is 6.99. The minimum atomic E-state index is 0.459. The van der Waals surface area contributed by atoms with Crippen LogP contribution in [-0.4, -0.2) is 23.0 Å². The van der Waals surface area contributed by atoms with Gasteiger partial charge < -0.3 is 0 Å². The summed E-state index contributed by atoms with van der Waals surface area (Å²) in [6.07, 6.45) is 5.93. The van der Waals surface area contributed by atoms with E-state index in [1.807, 2.05) is 12.3 Å². The minimum absolute atomic E-state index is 0.459. The van der Waals surface area contributed by atoms with Gasteiger partial charge in [-0.25, -0.2) is 0 Å². The van der Waals surface area contributed by atoms with E-state index in [9.17, 15) is 0 Å². The molecule has 0 bridgehead atoms. The molecule has 1 fully saturated rings. The second-order valence-electron chi connectivity index (χ2n) is 6.59. The molecule has 1 saturated heterocycles. The highest BCUT2D eigenvalue weighted by molar-refractivity contribution is 5.03. The van der Waals surface area contributed by atoms with Crippen molar-refractivity contribution in [3.05, 3.63) is 30.1 Å². The van der Waals surface area contributed by atoms with Gasteiger partial charge in [-0.2, -0.15) is 0 Å². The van der Waals surface area contributed by atoms with E-state index < -0.39 is 0 Å². The number of hydrogen-bond acceptors (Lipinski definition) is 2. The van der Waals surface area contributed by atoms with Gasteiger partial charge in [0.25, 0.3) is 0 Å². The molecule has 0 N–H and O–H groups in total. The molecule has 0 amide bonds. The van der Waals surface area contributed by atoms with Crippen molar-refractivity contribution in [2.24, 2.45) is 11.3 Å². The van der Waals surface area contributed by atoms with Crippen molar-refractivity contribution in [3.8, 4) is 0 Å². The van der Waals surface area contributed by atoms with Gasteiger partial charge >= 0.3 is 0 Å². The molecule has 0 aliphatic carbocycles. The summed E-state index contributed by atoms with van der Waals surface area (Å²) < 4.78 is 0. The van der Waals surface area contributed by atoms with Crippen LogP contribution in [0.5, 0.6) is 0 Å². The predicted octanol–water partition coefficient (Wildman–Crippen LogP) is 3.73. The lowest BCUT2D eigenvalue weighted by molar-refractivity contribution is 0.206. The Morgan fingerprint density at radius 2 is 2.06 bits per heavy atom. The first-order chi connectivity index (χ1) is 8.55. The molecule has 0 saturated carbocycles. The van der Waals surface area contributed by atoms with Gasteiger partial charge in [-0.05, 0) is 55.8 Å². The monoisotopic (exact) mass is 246 g/mol. The first kappa shape index (κ1) is 13.5. The maximum absolute atomic E-state index is 4.43. The Bertz CT molecular complexity index is 353. The number of aromatic nitrogens is 1. The fourth-order valence-electron chi connectivity index (χ4n) is 2.90. The molecule has 18 heavy (non-hydrogen) atoms. The van der Waals surface area contributed by atoms with E-state index >= 15 is 0 Å². The average molecular weight is 246 g/mol. The molecule has 1 aromatic heterocycles. The summed E-state index contributed by atoms with van der Waals surface area (Å²) in [7, 11) is 0. The van der Waals surface area contributed by atoms with Gasteiger partial charge in [0.15, 0.2) is 0 Å². The summed E-state index contributed by atoms with van der Waals surface area (Å²) in [5.41, 5.74) is 1.66. The van der Waals surface area contributed by atoms with Crippen LogP contribution in [0, 0.1) is 11.3 Å². The topological polar surface area (TPSA) is 16.1 Å². The average Bonchev–Trinajstić information content (AvgIpc) is 2.55. The fourth-order valence-corrected chi connectivity index (χ4v) is 2.90. The molecule has 0 spiro atoms. The molecule has 1 unspecified atom stereocenters. The highest BCUT2D eigenvalue weighted by Gasteiger charge is 2.26. The van der Waals surface area contributed by atoms with Gasteiger partial charge in [0.2, 0.25) is 0 Å². The normalized spacial score (nSPS) is 22.7. The smallest absolute Gasteiger partial charge is 0.0543 e. The van der Waals surface area contributed by atoms with E-state index in [1.165, 1.54) is 38.0 Å². The molecule has 1 aromatic rings. The van der Waals surface area contributed by atoms with E-state index in [2.05, 4.69) is 42.8 Å². The lowest BCUT2D eigenvalue weighted by atomic mass is 9.77. The molecule has 1 aliphatic heterocycles. The molecule has 100 valence electrons. The molecule has 2 nitrogen and oxygen atoms in total. The first-order valence-electron chi connectivity index (χ1n) is 7.18. The maximum atomic E-state index is 4.43. The molecule has 2 heterocycles. The van der Waals surface area contributed by atoms with E-state index in [0.29, 0.717) is 5.41 Å². The molecular formula is C16H26N2. The van der Waals surface area contributed by atoms with Crippen LogP contribution in [0.1, 0.15) is 45.7 Å². The molecule has 2 heteroatoms. The number of hydrogen-bond donors (Lipinski definition) is 0. The van der Waals surface area contributed by atoms with E-state index in [0.717, 1.165) is 12.5 Å². The third kappa shape index (κ3) is 3.81. The van der Waals surface area contributed by atoms with Crippen LogP contribution in [0.25, 0.3) is 0 Å². The van der Waals surface area contributed by atoms with Gasteiger partial charge in [0.05, 0.1) is 5.69 Å². The largest absolute Gasteiger partial charge is 0.298 e. The van der Waals surface area contributed by atoms with Gasteiger partial charge in [-0.3, -0.25) is 9.88 Å². The second-order valence-corrected chi connectivity index (χ2v) is 6.59. The van der Waals surface area contributed by atoms with E-state index in [-0.39, 0.29) is 0 Å². The zero-order chi connectivity index (χ0) is 13.0. The van der Waals surface area contributed by atoms with Crippen LogP contribution >= 0.6 is 0 Å². The fraction of sp³-hybridized carbons (Fsp3) is 0.688. The Morgan fingerprint density at radius 3 is 2.72 bits per heavy atom. The predicted molar refractivity (Wildman–Crippen MR) is 76.3 cm³/mol. The van der Waals surface area contributed by atoms with Crippen LogP contribution in [-0.2, 0) is 6.54 Å². The summed E-state index contributed by atoms with van der Waals surface area (Å²) in [5, 5.41) is 0. The molecule has 1 aliphatic rings. The van der Waals surface area contributed by atoms with Gasteiger partial charge in [-0.1, -0.05) is 26.8 Å². The van der Waals surface area contributed by atoms with Crippen LogP contribution in [0.2, 0.25) is 0 Å². The molecule has 1 atom stereocenters. The third-order valence-electron chi connectivity index (χ3n) is 4.16. The second kappa shape index (κ2) is 5.83. The van der Waals surface area contributed by atoms with Crippen molar-refractivity contribution < 1.29 is 0 Å². The summed E-state index contributed by atoms with van der Waals surface area (Å²) in [6.45, 7) is 10.6. The quantitative estimate of drug-likeness (QED) is 0.790. The van der Waals surface area contributed by atoms with Crippen LogP contribution < -0.4 is 0 Å². The number of rotatable bonds is 2. The number of likely N-dealkylation sites (tertiary alicyclic amines) is 1. The Balaban J connectivity index is 1.90. The minimum Gasteiger partial charge on any atom is -0.298 e. The Hall–Kier alpha value is -0.890. The van der Waals surface area contributed by atoms with Crippen molar-refractivity contribution in [2.75, 3.05) is 13.1 Å². The van der Waals surface area contributed by atoms with Crippen molar-refractivity contribution in [1.29, 1.82) is 0 Å². The van der Waals surface area contributed by atoms with Crippen molar-refractivity contribution >= 4 is 0 Å². The summed E-state index contributed by atoms with van der Waals surface area (Å²) in [5.74, 6) is 0.867. The molecular weight excluding hydrogens is 220 g/mol. The lowest BCUT2D eigenvalue weighted by Gasteiger charge is -2.29. The maximum Gasteiger partial charge on any atom is 0.0543 e. The van der Waals surface area contributed by atoms with Gasteiger partial charge in [0, 0.05) is 12.7 Å². The molecule has 0 radical (unpaired) electrons. The van der Waals surface area contributed by atoms with Crippen LogP contribution in [0.3, 0.4) is 0 Å². The Labute approximate surface area is 111 Å². The zero-order valence-electron chi connectivity index (χ0n) is 12.0. The Kier molecular flexibility index (Phi) is 4.39. The number of nitrogens with zero attached hydrogens (tertiary/aromatic N) is 2. The van der Waals surface area contributed by atoms with Crippen LogP contribution in [0.4, 0.5) is 0 Å². The zero-order valence-corrected chi connectivity index (χ0v) is 12.0. The molecule has 0 aromatic carbocycles. The summed E-state index contributed by atoms with van der Waals surface area (Å²) in [6, 6.07) is 6.20. The Morgan fingerprint density at radius 1 is 1.22 bits per heavy atom. The molecule has 2 rings (SSSR count). The van der Waals surface area contributed by atoms with Crippen molar-refractivity contribution in [3.63, 3.8) is 0 Å². The number of pyridine rings is 1. The standard InChI is InChI=1S/C16H26N2/c1-16(2,3)14-7-6-11-18(12-9-14)13-15-8-4-5-10-17-15/h4-5,8,10,14H,6-7,9,11-13H2,1-3H3. The third-order valence-corrected chi connectivity index (χ3v) is 4.16. The first-order valence-corrected chi connectivity index (χ1v) is 7.18. The van der Waals surface area contributed by atoms with Crippen molar-refractivity contribution in [1.82, 2.24) is 9.88 Å². The van der Waals surface area contributed by atoms with E-state index in [1.54, 1.807) is 0 Å². The van der Waals surface area contributed by atoms with Crippen LogP contribution in [0.15, 0.2) is 24.4 Å². The summed E-state index contributed by atoms with van der Waals surface area (Å²) >= 11 is 0. The highest BCUT2D eigenvalue weighted by Crippen LogP contribution is 2.34.